The largest absolute Gasteiger partial charge is 0.390 e. The van der Waals surface area contributed by atoms with Crippen LogP contribution >= 0.6 is 7.60 Å². The summed E-state index contributed by atoms with van der Waals surface area (Å²) >= 11 is 0. The topological polar surface area (TPSA) is 57.5 Å². The molecule has 0 aliphatic carbocycles. The van der Waals surface area contributed by atoms with Crippen molar-refractivity contribution in [2.45, 2.75) is 37.5 Å². The fraction of sp³-hybridized carbons (Fsp3) is 0.500. The molecule has 1 aromatic rings. The highest BCUT2D eigenvalue weighted by molar-refractivity contribution is 7.53. The van der Waals surface area contributed by atoms with Crippen LogP contribution in [-0.4, -0.2) is 16.0 Å². The molecule has 1 atom stereocenters. The zero-order chi connectivity index (χ0) is 14.7. The first-order chi connectivity index (χ1) is 8.62. The Bertz CT molecular complexity index is 455. The quantitative estimate of drug-likeness (QED) is 0.812. The first kappa shape index (κ1) is 16.2. The number of alkyl halides is 3. The molecule has 7 heteroatoms. The van der Waals surface area contributed by atoms with Crippen molar-refractivity contribution in [3.63, 3.8) is 0 Å². The summed E-state index contributed by atoms with van der Waals surface area (Å²) in [7, 11) is -4.96. The minimum Gasteiger partial charge on any atom is -0.324 e. The van der Waals surface area contributed by atoms with Crippen LogP contribution in [0.5, 0.6) is 0 Å². The van der Waals surface area contributed by atoms with E-state index in [9.17, 15) is 27.5 Å². The summed E-state index contributed by atoms with van der Waals surface area (Å²) in [6.45, 7) is 1.60. The molecule has 1 aromatic carbocycles. The smallest absolute Gasteiger partial charge is 0.324 e. The molecule has 0 fully saturated rings. The molecule has 0 aromatic heterocycles. The van der Waals surface area contributed by atoms with Crippen LogP contribution in [0.3, 0.4) is 0 Å². The molecule has 0 heterocycles. The maximum atomic E-state index is 12.7. The molecule has 19 heavy (non-hydrogen) atoms. The zero-order valence-electron chi connectivity index (χ0n) is 10.4. The van der Waals surface area contributed by atoms with E-state index in [0.717, 1.165) is 0 Å². The summed E-state index contributed by atoms with van der Waals surface area (Å²) in [5, 5.41) is -2.19. The summed E-state index contributed by atoms with van der Waals surface area (Å²) in [4.78, 5) is 19.0. The number of hydrogen-bond acceptors (Lipinski definition) is 1. The van der Waals surface area contributed by atoms with Gasteiger partial charge in [0, 0.05) is 0 Å². The van der Waals surface area contributed by atoms with Crippen molar-refractivity contribution in [3.05, 3.63) is 35.9 Å². The van der Waals surface area contributed by atoms with Crippen molar-refractivity contribution >= 4 is 7.60 Å². The fourth-order valence-electron chi connectivity index (χ4n) is 2.25. The lowest BCUT2D eigenvalue weighted by molar-refractivity contribution is -0.144. The zero-order valence-corrected chi connectivity index (χ0v) is 11.3. The average molecular weight is 296 g/mol. The first-order valence-corrected chi connectivity index (χ1v) is 7.41. The van der Waals surface area contributed by atoms with Gasteiger partial charge in [0.1, 0.15) is 5.16 Å². The fourth-order valence-corrected chi connectivity index (χ4v) is 3.63. The molecular weight excluding hydrogens is 280 g/mol. The lowest BCUT2D eigenvalue weighted by atomic mass is 9.90. The monoisotopic (exact) mass is 296 g/mol. The van der Waals surface area contributed by atoms with Gasteiger partial charge in [-0.15, -0.1) is 0 Å². The van der Waals surface area contributed by atoms with E-state index in [4.69, 9.17) is 0 Å². The normalized spacial score (nSPS) is 16.1. The Hall–Kier alpha value is -0.840. The number of halogens is 3. The Labute approximate surface area is 109 Å². The van der Waals surface area contributed by atoms with Crippen LogP contribution in [0.15, 0.2) is 30.3 Å². The molecule has 1 unspecified atom stereocenters. The molecule has 0 saturated carbocycles. The van der Waals surface area contributed by atoms with Gasteiger partial charge in [-0.2, -0.15) is 13.2 Å². The van der Waals surface area contributed by atoms with Gasteiger partial charge >= 0.3 is 13.8 Å². The van der Waals surface area contributed by atoms with E-state index >= 15 is 0 Å². The van der Waals surface area contributed by atoms with Crippen LogP contribution in [0, 0.1) is 0 Å². The minimum atomic E-state index is -4.96. The molecule has 0 aliphatic heterocycles. The van der Waals surface area contributed by atoms with Gasteiger partial charge in [0.25, 0.3) is 0 Å². The molecule has 1 rings (SSSR count). The third-order valence-electron chi connectivity index (χ3n) is 3.03. The summed E-state index contributed by atoms with van der Waals surface area (Å²) < 4.78 is 50.0. The SMILES string of the molecule is CCCC(CC(F)(F)F)(c1ccccc1)P(=O)(O)O. The number of hydrogen-bond donors (Lipinski definition) is 2. The standard InChI is InChI=1S/C12H16F3O3P/c1-2-8-11(19(16,17)18,9-12(13,14)15)10-6-4-3-5-7-10/h3-7H,2,8-9H2,1H3,(H2,16,17,18). The lowest BCUT2D eigenvalue weighted by Gasteiger charge is -2.35. The second-order valence-corrected chi connectivity index (χ2v) is 6.43. The highest BCUT2D eigenvalue weighted by Crippen LogP contribution is 2.63. The van der Waals surface area contributed by atoms with Crippen LogP contribution in [0.25, 0.3) is 0 Å². The second-order valence-electron chi connectivity index (χ2n) is 4.48. The third kappa shape index (κ3) is 3.81. The molecular formula is C12H16F3O3P. The second kappa shape index (κ2) is 5.65. The van der Waals surface area contributed by atoms with E-state index in [1.807, 2.05) is 0 Å². The van der Waals surface area contributed by atoms with E-state index < -0.39 is 25.3 Å². The van der Waals surface area contributed by atoms with Crippen LogP contribution in [0.4, 0.5) is 13.2 Å². The first-order valence-electron chi connectivity index (χ1n) is 5.80. The highest BCUT2D eigenvalue weighted by Gasteiger charge is 2.53. The Morgan fingerprint density at radius 3 is 2.05 bits per heavy atom. The molecule has 0 bridgehead atoms. The molecule has 3 nitrogen and oxygen atoms in total. The van der Waals surface area contributed by atoms with Gasteiger partial charge in [0.05, 0.1) is 6.42 Å². The average Bonchev–Trinajstić information content (AvgIpc) is 2.26. The lowest BCUT2D eigenvalue weighted by Crippen LogP contribution is -2.32. The van der Waals surface area contributed by atoms with Crippen molar-refractivity contribution < 1.29 is 27.5 Å². The highest BCUT2D eigenvalue weighted by atomic mass is 31.2. The minimum absolute atomic E-state index is 0.0301. The molecule has 0 amide bonds. The molecule has 0 saturated heterocycles. The van der Waals surface area contributed by atoms with E-state index in [0.29, 0.717) is 0 Å². The van der Waals surface area contributed by atoms with Crippen LogP contribution in [-0.2, 0) is 9.72 Å². The van der Waals surface area contributed by atoms with E-state index in [-0.39, 0.29) is 18.4 Å². The van der Waals surface area contributed by atoms with E-state index in [1.165, 1.54) is 24.3 Å². The van der Waals surface area contributed by atoms with Gasteiger partial charge in [-0.25, -0.2) is 0 Å². The van der Waals surface area contributed by atoms with Crippen LogP contribution in [0.1, 0.15) is 31.7 Å². The summed E-state index contributed by atoms with van der Waals surface area (Å²) in [5.74, 6) is 0. The Morgan fingerprint density at radius 2 is 1.68 bits per heavy atom. The molecule has 2 N–H and O–H groups in total. The van der Waals surface area contributed by atoms with Crippen LogP contribution in [0.2, 0.25) is 0 Å². The third-order valence-corrected chi connectivity index (χ3v) is 4.78. The van der Waals surface area contributed by atoms with Gasteiger partial charge < -0.3 is 9.79 Å². The van der Waals surface area contributed by atoms with Crippen molar-refractivity contribution in [2.75, 3.05) is 0 Å². The van der Waals surface area contributed by atoms with Gasteiger partial charge in [0.2, 0.25) is 0 Å². The van der Waals surface area contributed by atoms with Crippen molar-refractivity contribution in [3.8, 4) is 0 Å². The van der Waals surface area contributed by atoms with Gasteiger partial charge in [-0.1, -0.05) is 43.7 Å². The van der Waals surface area contributed by atoms with Gasteiger partial charge in [-0.05, 0) is 12.0 Å². The van der Waals surface area contributed by atoms with Crippen molar-refractivity contribution in [1.29, 1.82) is 0 Å². The van der Waals surface area contributed by atoms with E-state index in [1.54, 1.807) is 13.0 Å². The molecule has 0 radical (unpaired) electrons. The van der Waals surface area contributed by atoms with Crippen molar-refractivity contribution in [2.24, 2.45) is 0 Å². The number of rotatable bonds is 5. The van der Waals surface area contributed by atoms with E-state index in [2.05, 4.69) is 0 Å². The summed E-state index contributed by atoms with van der Waals surface area (Å²) in [6.07, 6.45) is -6.15. The van der Waals surface area contributed by atoms with Crippen molar-refractivity contribution in [1.82, 2.24) is 0 Å². The Balaban J connectivity index is 3.41. The Kier molecular flexibility index (Phi) is 4.82. The summed E-state index contributed by atoms with van der Waals surface area (Å²) in [5.41, 5.74) is 0.0301. The Morgan fingerprint density at radius 1 is 1.16 bits per heavy atom. The maximum absolute atomic E-state index is 12.7. The molecule has 0 spiro atoms. The predicted molar refractivity (Wildman–Crippen MR) is 65.7 cm³/mol. The van der Waals surface area contributed by atoms with Crippen LogP contribution < -0.4 is 0 Å². The summed E-state index contributed by atoms with van der Waals surface area (Å²) in [6, 6.07) is 7.21. The molecule has 108 valence electrons. The van der Waals surface area contributed by atoms with Gasteiger partial charge in [-0.3, -0.25) is 4.57 Å². The molecule has 0 aliphatic rings. The maximum Gasteiger partial charge on any atom is 0.390 e. The predicted octanol–water partition coefficient (Wildman–Crippen LogP) is 3.81. The van der Waals surface area contributed by atoms with Gasteiger partial charge in [0.15, 0.2) is 0 Å². The number of benzene rings is 1.